The van der Waals surface area contributed by atoms with Crippen LogP contribution in [0.4, 0.5) is 26.3 Å². The Morgan fingerprint density at radius 1 is 1.15 bits per heavy atom. The molecule has 0 amide bonds. The smallest absolute Gasteiger partial charge is 0.392 e. The van der Waals surface area contributed by atoms with E-state index in [4.69, 9.17) is 4.74 Å². The van der Waals surface area contributed by atoms with E-state index in [9.17, 15) is 31.4 Å². The van der Waals surface area contributed by atoms with Crippen LogP contribution in [0.3, 0.4) is 0 Å². The van der Waals surface area contributed by atoms with Gasteiger partial charge < -0.3 is 15.2 Å². The Morgan fingerprint density at radius 2 is 1.67 bits per heavy atom. The van der Waals surface area contributed by atoms with Gasteiger partial charge in [-0.2, -0.15) is 26.3 Å². The van der Waals surface area contributed by atoms with Crippen LogP contribution in [0.15, 0.2) is 18.2 Å². The van der Waals surface area contributed by atoms with E-state index in [0.717, 1.165) is 0 Å². The van der Waals surface area contributed by atoms with E-state index in [-0.39, 0.29) is 62.3 Å². The molecule has 3 unspecified atom stereocenters. The van der Waals surface area contributed by atoms with E-state index >= 15 is 0 Å². The Hall–Kier alpha value is 0.122. The molecule has 27 heavy (non-hydrogen) atoms. The molecule has 0 bridgehead atoms. The van der Waals surface area contributed by atoms with Crippen LogP contribution in [0.2, 0.25) is 0 Å². The number of aliphatic hydroxyl groups excluding tert-OH is 1. The number of benzene rings is 1. The molecular weight excluding hydrogens is 591 g/mol. The Kier molecular flexibility index (Phi) is 8.66. The molecule has 2 rings (SSSR count). The van der Waals surface area contributed by atoms with Gasteiger partial charge in [-0.1, -0.05) is 0 Å². The molecule has 1 aliphatic heterocycles. The van der Waals surface area contributed by atoms with Crippen molar-refractivity contribution < 1.29 is 80.2 Å². The van der Waals surface area contributed by atoms with Gasteiger partial charge >= 0.3 is 12.4 Å². The second-order valence-corrected chi connectivity index (χ2v) is 6.93. The Bertz CT molecular complexity index is 595. The number of piperidine rings is 1. The Morgan fingerprint density at radius 3 is 2.07 bits per heavy atom. The summed E-state index contributed by atoms with van der Waals surface area (Å²) in [6.07, 6.45) is -10.1. The van der Waals surface area contributed by atoms with Gasteiger partial charge in [0.2, 0.25) is 0 Å². The molecule has 3 atom stereocenters. The first-order valence-corrected chi connectivity index (χ1v) is 8.14. The molecule has 10 heteroatoms. The van der Waals surface area contributed by atoms with Crippen molar-refractivity contribution in [2.45, 2.75) is 56.8 Å². The largest absolute Gasteiger partial charge is 0.416 e. The first kappa shape index (κ1) is 25.2. The summed E-state index contributed by atoms with van der Waals surface area (Å²) in [6.45, 7) is 3.70. The van der Waals surface area contributed by atoms with E-state index in [0.29, 0.717) is 31.5 Å². The summed E-state index contributed by atoms with van der Waals surface area (Å²) in [5.41, 5.74) is -3.40. The van der Waals surface area contributed by atoms with Crippen molar-refractivity contribution in [2.75, 3.05) is 13.2 Å². The monoisotopic (exact) mass is 612 g/mol. The maximum absolute atomic E-state index is 12.9. The van der Waals surface area contributed by atoms with Gasteiger partial charge in [0.05, 0.1) is 29.9 Å². The third-order valence-electron chi connectivity index (χ3n) is 4.53. The molecule has 3 nitrogen and oxygen atoms in total. The number of hydrogen-bond donors (Lipinski definition) is 2. The minimum absolute atomic E-state index is 0. The normalized spacial score (nSPS) is 25.0. The Balaban J connectivity index is 0.00000364. The first-order valence-electron chi connectivity index (χ1n) is 8.14. The van der Waals surface area contributed by atoms with Crippen LogP contribution in [0.5, 0.6) is 0 Å². The minimum atomic E-state index is -4.89. The van der Waals surface area contributed by atoms with Gasteiger partial charge in [0, 0.05) is 56.1 Å². The summed E-state index contributed by atoms with van der Waals surface area (Å²) in [5, 5.41) is 12.6. The fourth-order valence-electron chi connectivity index (χ4n) is 2.78. The maximum Gasteiger partial charge on any atom is 0.416 e. The third-order valence-corrected chi connectivity index (χ3v) is 4.53. The fourth-order valence-corrected chi connectivity index (χ4v) is 2.78. The molecule has 2 N–H and O–H groups in total. The van der Waals surface area contributed by atoms with Crippen molar-refractivity contribution >= 4 is 0 Å². The van der Waals surface area contributed by atoms with Crippen molar-refractivity contribution in [3.63, 3.8) is 0 Å². The van der Waals surface area contributed by atoms with Gasteiger partial charge in [-0.3, -0.25) is 0 Å². The van der Waals surface area contributed by atoms with Gasteiger partial charge in [0.15, 0.2) is 0 Å². The molecule has 0 aliphatic carbocycles. The minimum Gasteiger partial charge on any atom is -0.392 e. The maximum atomic E-state index is 12.9. The number of hydrogen-bond acceptors (Lipinski definition) is 3. The summed E-state index contributed by atoms with van der Waals surface area (Å²) >= 11 is 0. The van der Waals surface area contributed by atoms with Gasteiger partial charge in [-0.15, -0.1) is 0 Å². The summed E-state index contributed by atoms with van der Waals surface area (Å²) in [5.74, 6) is 0. The number of alkyl halides is 6. The van der Waals surface area contributed by atoms with Gasteiger partial charge in [-0.25, -0.2) is 0 Å². The van der Waals surface area contributed by atoms with E-state index in [1.807, 2.05) is 6.92 Å². The van der Waals surface area contributed by atoms with Crippen LogP contribution in [0.25, 0.3) is 0 Å². The number of aliphatic hydroxyl groups is 1. The van der Waals surface area contributed by atoms with E-state index < -0.39 is 41.2 Å². The van der Waals surface area contributed by atoms with Crippen molar-refractivity contribution in [3.8, 4) is 0 Å². The zero-order valence-electron chi connectivity index (χ0n) is 14.9. The van der Waals surface area contributed by atoms with Crippen LogP contribution < -0.4 is 5.32 Å². The average Bonchev–Trinajstić information content (AvgIpc) is 2.54. The van der Waals surface area contributed by atoms with Crippen LogP contribution in [0.1, 0.15) is 49.5 Å². The molecule has 1 aromatic rings. The number of halogens is 6. The van der Waals surface area contributed by atoms with Crippen molar-refractivity contribution in [1.82, 2.24) is 5.32 Å². The van der Waals surface area contributed by atoms with Crippen molar-refractivity contribution in [3.05, 3.63) is 34.9 Å². The van der Waals surface area contributed by atoms with Crippen molar-refractivity contribution in [1.29, 1.82) is 0 Å². The Labute approximate surface area is 189 Å². The SMILES string of the molecule is CC(OCC1(C)CCC(O)CN1)c1cc(C(F)(F)F)cc(C(F)(F)F)c1.[Ac]. The summed E-state index contributed by atoms with van der Waals surface area (Å²) in [6, 6.07) is 1.46. The quantitative estimate of drug-likeness (QED) is 0.499. The zero-order valence-corrected chi connectivity index (χ0v) is 19.7. The fraction of sp³-hybridized carbons (Fsp3) is 0.647. The molecule has 1 heterocycles. The molecule has 0 spiro atoms. The summed E-state index contributed by atoms with van der Waals surface area (Å²) in [4.78, 5) is 0. The molecule has 1 saturated heterocycles. The van der Waals surface area contributed by atoms with Gasteiger partial charge in [0.1, 0.15) is 0 Å². The van der Waals surface area contributed by atoms with Crippen LogP contribution in [-0.4, -0.2) is 29.9 Å². The molecule has 1 radical (unpaired) electrons. The number of β-amino-alcohol motifs (C(OH)–C–C–N with tert-alkyl or cyclic N) is 1. The number of rotatable bonds is 4. The van der Waals surface area contributed by atoms with E-state index in [2.05, 4.69) is 5.32 Å². The molecule has 0 saturated carbocycles. The van der Waals surface area contributed by atoms with Gasteiger partial charge in [0.25, 0.3) is 0 Å². The van der Waals surface area contributed by atoms with Crippen LogP contribution in [-0.2, 0) is 17.1 Å². The molecule has 0 aromatic heterocycles. The molecule has 1 aromatic carbocycles. The summed E-state index contributed by atoms with van der Waals surface area (Å²) in [7, 11) is 0. The molecule has 1 fully saturated rings. The van der Waals surface area contributed by atoms with E-state index in [1.165, 1.54) is 6.92 Å². The first-order chi connectivity index (χ1) is 11.8. The van der Waals surface area contributed by atoms with Crippen LogP contribution in [0, 0.1) is 44.1 Å². The topological polar surface area (TPSA) is 41.5 Å². The van der Waals surface area contributed by atoms with E-state index in [1.54, 1.807) is 0 Å². The van der Waals surface area contributed by atoms with Crippen molar-refractivity contribution in [2.24, 2.45) is 0 Å². The number of nitrogens with one attached hydrogen (secondary N) is 1. The van der Waals surface area contributed by atoms with Crippen LogP contribution >= 0.6 is 0 Å². The molecule has 1 aliphatic rings. The standard InChI is InChI=1S/C17H21F6NO2.Ac/c1-10(26-9-15(2)4-3-14(25)8-24-15)11-5-12(16(18,19)20)7-13(6-11)17(21,22)23;/h5-7,10,14,24-25H,3-4,8-9H2,1-2H3;. The molecular formula is C17H21AcF6NO2. The van der Waals surface area contributed by atoms with Gasteiger partial charge in [-0.05, 0) is 50.5 Å². The third kappa shape index (κ3) is 7.14. The predicted octanol–water partition coefficient (Wildman–Crippen LogP) is 4.30. The second-order valence-electron chi connectivity index (χ2n) is 6.93. The predicted molar refractivity (Wildman–Crippen MR) is 82.5 cm³/mol. The summed E-state index contributed by atoms with van der Waals surface area (Å²) < 4.78 is 83.2. The average molecular weight is 612 g/mol. The second kappa shape index (κ2) is 9.29. The number of ether oxygens (including phenoxy) is 1. The zero-order chi connectivity index (χ0) is 19.8. The molecule has 151 valence electrons.